The van der Waals surface area contributed by atoms with Crippen LogP contribution in [0.4, 0.5) is 0 Å². The molecule has 0 spiro atoms. The van der Waals surface area contributed by atoms with Gasteiger partial charge in [0, 0.05) is 25.2 Å². The fourth-order valence-corrected chi connectivity index (χ4v) is 2.99. The van der Waals surface area contributed by atoms with Crippen molar-refractivity contribution in [2.45, 2.75) is 31.3 Å². The molecule has 3 heteroatoms. The van der Waals surface area contributed by atoms with E-state index in [4.69, 9.17) is 5.73 Å². The third-order valence-electron chi connectivity index (χ3n) is 4.24. The molecule has 0 saturated heterocycles. The molecular formula is C16H27N3. The Kier molecular flexibility index (Phi) is 4.97. The van der Waals surface area contributed by atoms with Crippen molar-refractivity contribution in [3.05, 3.63) is 35.4 Å². The minimum absolute atomic E-state index is 0.144. The van der Waals surface area contributed by atoms with Crippen LogP contribution < -0.4 is 5.73 Å². The van der Waals surface area contributed by atoms with Crippen molar-refractivity contribution >= 4 is 0 Å². The summed E-state index contributed by atoms with van der Waals surface area (Å²) in [4.78, 5) is 4.67. The zero-order chi connectivity index (χ0) is 13.8. The predicted molar refractivity (Wildman–Crippen MR) is 81.3 cm³/mol. The summed E-state index contributed by atoms with van der Waals surface area (Å²) < 4.78 is 0. The Labute approximate surface area is 117 Å². The van der Waals surface area contributed by atoms with E-state index >= 15 is 0 Å². The van der Waals surface area contributed by atoms with Gasteiger partial charge < -0.3 is 15.5 Å². The Morgan fingerprint density at radius 1 is 1.16 bits per heavy atom. The van der Waals surface area contributed by atoms with Crippen molar-refractivity contribution in [3.8, 4) is 0 Å². The van der Waals surface area contributed by atoms with Gasteiger partial charge in [-0.25, -0.2) is 0 Å². The van der Waals surface area contributed by atoms with Gasteiger partial charge in [0.15, 0.2) is 0 Å². The van der Waals surface area contributed by atoms with Gasteiger partial charge in [-0.15, -0.1) is 0 Å². The van der Waals surface area contributed by atoms with Gasteiger partial charge in [-0.05, 0) is 51.5 Å². The molecular weight excluding hydrogens is 234 g/mol. The molecule has 1 aliphatic rings. The van der Waals surface area contributed by atoms with E-state index in [2.05, 4.69) is 55.2 Å². The monoisotopic (exact) mass is 261 g/mol. The lowest BCUT2D eigenvalue weighted by molar-refractivity contribution is 0.184. The lowest BCUT2D eigenvalue weighted by Crippen LogP contribution is -2.42. The molecule has 0 aliphatic heterocycles. The Hall–Kier alpha value is -0.900. The highest BCUT2D eigenvalue weighted by atomic mass is 15.2. The Morgan fingerprint density at radius 2 is 1.89 bits per heavy atom. The minimum Gasteiger partial charge on any atom is -0.323 e. The second-order valence-electron chi connectivity index (χ2n) is 5.97. The van der Waals surface area contributed by atoms with Gasteiger partial charge in [-0.3, -0.25) is 0 Å². The Bertz CT molecular complexity index is 403. The molecule has 0 bridgehead atoms. The van der Waals surface area contributed by atoms with Crippen molar-refractivity contribution < 1.29 is 0 Å². The first kappa shape index (κ1) is 14.5. The maximum Gasteiger partial charge on any atom is 0.0455 e. The summed E-state index contributed by atoms with van der Waals surface area (Å²) in [6.07, 6.45) is 3.60. The molecule has 2 N–H and O–H groups in total. The fourth-order valence-electron chi connectivity index (χ4n) is 2.99. The number of hydrogen-bond acceptors (Lipinski definition) is 3. The molecule has 0 heterocycles. The van der Waals surface area contributed by atoms with E-state index in [0.717, 1.165) is 13.1 Å². The molecule has 1 aromatic rings. The highest BCUT2D eigenvalue weighted by Gasteiger charge is 2.27. The third-order valence-corrected chi connectivity index (χ3v) is 4.24. The number of aryl methyl sites for hydroxylation is 1. The van der Waals surface area contributed by atoms with Gasteiger partial charge in [-0.1, -0.05) is 24.3 Å². The topological polar surface area (TPSA) is 32.5 Å². The van der Waals surface area contributed by atoms with Gasteiger partial charge in [0.2, 0.25) is 0 Å². The van der Waals surface area contributed by atoms with Gasteiger partial charge >= 0.3 is 0 Å². The summed E-state index contributed by atoms with van der Waals surface area (Å²) in [6, 6.07) is 9.28. The maximum absolute atomic E-state index is 6.54. The van der Waals surface area contributed by atoms with Crippen molar-refractivity contribution in [2.24, 2.45) is 5.73 Å². The van der Waals surface area contributed by atoms with Gasteiger partial charge in [-0.2, -0.15) is 0 Å². The lowest BCUT2D eigenvalue weighted by atomic mass is 9.96. The lowest BCUT2D eigenvalue weighted by Gasteiger charge is -2.32. The molecule has 0 radical (unpaired) electrons. The second-order valence-corrected chi connectivity index (χ2v) is 5.97. The molecule has 0 aromatic heterocycles. The molecule has 1 aromatic carbocycles. The average Bonchev–Trinajstić information content (AvgIpc) is 2.56. The number of fused-ring (bicyclic) bond motifs is 1. The predicted octanol–water partition coefficient (Wildman–Crippen LogP) is 1.88. The average molecular weight is 261 g/mol. The molecule has 0 amide bonds. The summed E-state index contributed by atoms with van der Waals surface area (Å²) in [6.45, 7) is 2.16. The summed E-state index contributed by atoms with van der Waals surface area (Å²) >= 11 is 0. The maximum atomic E-state index is 6.54. The summed E-state index contributed by atoms with van der Waals surface area (Å²) in [5.41, 5.74) is 9.33. The fraction of sp³-hybridized carbons (Fsp3) is 0.625. The molecule has 106 valence electrons. The largest absolute Gasteiger partial charge is 0.323 e. The van der Waals surface area contributed by atoms with E-state index in [9.17, 15) is 0 Å². The molecule has 19 heavy (non-hydrogen) atoms. The molecule has 2 rings (SSSR count). The third kappa shape index (κ3) is 3.56. The van der Waals surface area contributed by atoms with Gasteiger partial charge in [0.05, 0.1) is 0 Å². The highest BCUT2D eigenvalue weighted by molar-refractivity contribution is 5.32. The first-order valence-electron chi connectivity index (χ1n) is 7.28. The van der Waals surface area contributed by atoms with Gasteiger partial charge in [0.1, 0.15) is 0 Å². The standard InChI is InChI=1S/C16H27N3/c1-18(2)11-12-19(3)15-10-6-8-13-7-4-5-9-14(13)16(15)17/h4-5,7,9,15-16H,6,8,10-12,17H2,1-3H3. The van der Waals surface area contributed by atoms with Crippen LogP contribution in [0.2, 0.25) is 0 Å². The van der Waals surface area contributed by atoms with Crippen LogP contribution in [0.5, 0.6) is 0 Å². The number of rotatable bonds is 4. The molecule has 1 aliphatic carbocycles. The van der Waals surface area contributed by atoms with Crippen molar-refractivity contribution in [3.63, 3.8) is 0 Å². The van der Waals surface area contributed by atoms with Crippen LogP contribution in [0.1, 0.15) is 30.0 Å². The van der Waals surface area contributed by atoms with Crippen LogP contribution >= 0.6 is 0 Å². The van der Waals surface area contributed by atoms with E-state index in [0.29, 0.717) is 6.04 Å². The van der Waals surface area contributed by atoms with Crippen LogP contribution in [0.3, 0.4) is 0 Å². The number of nitrogens with zero attached hydrogens (tertiary/aromatic N) is 2. The van der Waals surface area contributed by atoms with E-state index in [1.54, 1.807) is 0 Å². The van der Waals surface area contributed by atoms with Crippen molar-refractivity contribution in [1.29, 1.82) is 0 Å². The second kappa shape index (κ2) is 6.51. The first-order valence-corrected chi connectivity index (χ1v) is 7.28. The number of benzene rings is 1. The zero-order valence-corrected chi connectivity index (χ0v) is 12.5. The first-order chi connectivity index (χ1) is 9.09. The summed E-state index contributed by atoms with van der Waals surface area (Å²) in [5, 5.41) is 0. The SMILES string of the molecule is CN(C)CCN(C)C1CCCc2ccccc2C1N. The summed E-state index contributed by atoms with van der Waals surface area (Å²) in [7, 11) is 6.45. The van der Waals surface area contributed by atoms with E-state index in [1.807, 2.05) is 0 Å². The summed E-state index contributed by atoms with van der Waals surface area (Å²) in [5.74, 6) is 0. The van der Waals surface area contributed by atoms with E-state index in [1.165, 1.54) is 30.4 Å². The van der Waals surface area contributed by atoms with Crippen molar-refractivity contribution in [2.75, 3.05) is 34.2 Å². The van der Waals surface area contributed by atoms with Gasteiger partial charge in [0.25, 0.3) is 0 Å². The quantitative estimate of drug-likeness (QED) is 0.840. The number of likely N-dealkylation sites (N-methyl/N-ethyl adjacent to an activating group) is 2. The number of nitrogens with two attached hydrogens (primary N) is 1. The van der Waals surface area contributed by atoms with Crippen LogP contribution in [0, 0.1) is 0 Å². The van der Waals surface area contributed by atoms with Crippen LogP contribution in [-0.4, -0.2) is 50.1 Å². The zero-order valence-electron chi connectivity index (χ0n) is 12.5. The van der Waals surface area contributed by atoms with E-state index in [-0.39, 0.29) is 6.04 Å². The molecule has 3 nitrogen and oxygen atoms in total. The molecule has 2 unspecified atom stereocenters. The normalized spacial score (nSPS) is 23.5. The molecule has 0 fully saturated rings. The van der Waals surface area contributed by atoms with Crippen LogP contribution in [-0.2, 0) is 6.42 Å². The number of hydrogen-bond donors (Lipinski definition) is 1. The minimum atomic E-state index is 0.144. The van der Waals surface area contributed by atoms with Crippen molar-refractivity contribution in [1.82, 2.24) is 9.80 Å². The Balaban J connectivity index is 2.10. The van der Waals surface area contributed by atoms with Crippen LogP contribution in [0.15, 0.2) is 24.3 Å². The smallest absolute Gasteiger partial charge is 0.0455 e. The molecule has 2 atom stereocenters. The Morgan fingerprint density at radius 3 is 2.63 bits per heavy atom. The highest BCUT2D eigenvalue weighted by Crippen LogP contribution is 2.29. The van der Waals surface area contributed by atoms with E-state index < -0.39 is 0 Å². The van der Waals surface area contributed by atoms with Crippen LogP contribution in [0.25, 0.3) is 0 Å². The molecule has 0 saturated carbocycles.